The number of hydrogen-bond acceptors (Lipinski definition) is 4. The molecule has 0 bridgehead atoms. The molecule has 1 aliphatic heterocycles. The summed E-state index contributed by atoms with van der Waals surface area (Å²) < 4.78 is 5.02. The highest BCUT2D eigenvalue weighted by atomic mass is 16.6. The van der Waals surface area contributed by atoms with Gasteiger partial charge in [-0.15, -0.1) is 0 Å². The third kappa shape index (κ3) is 4.98. The van der Waals surface area contributed by atoms with Crippen molar-refractivity contribution in [3.63, 3.8) is 0 Å². The van der Waals surface area contributed by atoms with Crippen molar-refractivity contribution in [1.82, 2.24) is 15.1 Å². The number of hydrogen-bond donors (Lipinski definition) is 1. The van der Waals surface area contributed by atoms with Crippen LogP contribution in [-0.2, 0) is 9.53 Å². The topological polar surface area (TPSA) is 61.9 Å². The Labute approximate surface area is 160 Å². The Morgan fingerprint density at radius 2 is 1.78 bits per heavy atom. The van der Waals surface area contributed by atoms with Crippen LogP contribution in [0, 0.1) is 0 Å². The number of nitrogens with zero attached hydrogens (tertiary/aromatic N) is 2. The first-order chi connectivity index (χ1) is 13.1. The van der Waals surface area contributed by atoms with Crippen LogP contribution in [0.3, 0.4) is 0 Å². The summed E-state index contributed by atoms with van der Waals surface area (Å²) in [5.74, 6) is 0.000225. The molecule has 0 aromatic heterocycles. The van der Waals surface area contributed by atoms with E-state index in [2.05, 4.69) is 40.5 Å². The van der Waals surface area contributed by atoms with Crippen LogP contribution in [0.4, 0.5) is 4.79 Å². The predicted octanol–water partition coefficient (Wildman–Crippen LogP) is 2.79. The molecular formula is C21H27N3O3. The maximum absolute atomic E-state index is 12.4. The Hall–Kier alpha value is -2.60. The van der Waals surface area contributed by atoms with Crippen LogP contribution >= 0.6 is 0 Å². The molecule has 1 saturated heterocycles. The number of nitrogens with one attached hydrogen (secondary N) is 1. The number of piperazine rings is 1. The van der Waals surface area contributed by atoms with Gasteiger partial charge in [0, 0.05) is 26.2 Å². The van der Waals surface area contributed by atoms with Gasteiger partial charge in [0.25, 0.3) is 0 Å². The summed E-state index contributed by atoms with van der Waals surface area (Å²) in [6.45, 7) is 7.06. The molecule has 0 aliphatic carbocycles. The summed E-state index contributed by atoms with van der Waals surface area (Å²) in [5, 5.41) is 5.44. The molecule has 6 nitrogen and oxygen atoms in total. The van der Waals surface area contributed by atoms with Crippen LogP contribution in [-0.4, -0.2) is 61.1 Å². The number of carbonyl (C=O) groups is 2. The summed E-state index contributed by atoms with van der Waals surface area (Å²) in [6.07, 6.45) is -0.272. The van der Waals surface area contributed by atoms with E-state index in [-0.39, 0.29) is 18.0 Å². The molecule has 1 N–H and O–H groups in total. The molecule has 0 saturated carbocycles. The van der Waals surface area contributed by atoms with Gasteiger partial charge < -0.3 is 15.0 Å². The molecule has 0 radical (unpaired) electrons. The van der Waals surface area contributed by atoms with Crippen molar-refractivity contribution in [3.05, 3.63) is 48.0 Å². The van der Waals surface area contributed by atoms with Crippen molar-refractivity contribution >= 4 is 22.8 Å². The van der Waals surface area contributed by atoms with Crippen LogP contribution in [0.5, 0.6) is 0 Å². The molecule has 6 heteroatoms. The molecular weight excluding hydrogens is 342 g/mol. The van der Waals surface area contributed by atoms with Gasteiger partial charge in [-0.05, 0) is 36.2 Å². The van der Waals surface area contributed by atoms with E-state index in [9.17, 15) is 9.59 Å². The monoisotopic (exact) mass is 369 g/mol. The Morgan fingerprint density at radius 1 is 1.07 bits per heavy atom. The molecule has 1 atom stereocenters. The van der Waals surface area contributed by atoms with Gasteiger partial charge >= 0.3 is 6.09 Å². The van der Waals surface area contributed by atoms with Gasteiger partial charge in [0.1, 0.15) is 0 Å². The summed E-state index contributed by atoms with van der Waals surface area (Å²) >= 11 is 0. The molecule has 1 fully saturated rings. The molecule has 0 spiro atoms. The first-order valence-corrected chi connectivity index (χ1v) is 9.49. The van der Waals surface area contributed by atoms with Crippen LogP contribution in [0.25, 0.3) is 10.8 Å². The third-order valence-corrected chi connectivity index (χ3v) is 4.92. The van der Waals surface area contributed by atoms with E-state index in [1.165, 1.54) is 10.8 Å². The van der Waals surface area contributed by atoms with Crippen molar-refractivity contribution < 1.29 is 14.3 Å². The van der Waals surface area contributed by atoms with E-state index in [0.717, 1.165) is 5.56 Å². The van der Waals surface area contributed by atoms with E-state index in [4.69, 9.17) is 4.74 Å². The van der Waals surface area contributed by atoms with Gasteiger partial charge in [-0.1, -0.05) is 36.4 Å². The minimum Gasteiger partial charge on any atom is -0.450 e. The van der Waals surface area contributed by atoms with E-state index < -0.39 is 0 Å². The van der Waals surface area contributed by atoms with Crippen molar-refractivity contribution in [1.29, 1.82) is 0 Å². The average molecular weight is 369 g/mol. The summed E-state index contributed by atoms with van der Waals surface area (Å²) in [7, 11) is 0. The molecule has 27 heavy (non-hydrogen) atoms. The van der Waals surface area contributed by atoms with Gasteiger partial charge in [0.2, 0.25) is 5.91 Å². The normalized spacial score (nSPS) is 16.1. The maximum Gasteiger partial charge on any atom is 0.409 e. The fraction of sp³-hybridized carbons (Fsp3) is 0.429. The zero-order chi connectivity index (χ0) is 19.2. The molecule has 1 aliphatic rings. The van der Waals surface area contributed by atoms with Gasteiger partial charge in [-0.3, -0.25) is 9.69 Å². The van der Waals surface area contributed by atoms with Gasteiger partial charge in [0.05, 0.1) is 19.2 Å². The third-order valence-electron chi connectivity index (χ3n) is 4.92. The zero-order valence-corrected chi connectivity index (χ0v) is 16.0. The SMILES string of the molecule is CCOC(=O)N1CCN(CC(=O)N[C@H](C)c2ccc3ccccc3c2)CC1. The average Bonchev–Trinajstić information content (AvgIpc) is 2.68. The lowest BCUT2D eigenvalue weighted by molar-refractivity contribution is -0.123. The van der Waals surface area contributed by atoms with Gasteiger partial charge in [0.15, 0.2) is 0 Å². The molecule has 3 rings (SSSR count). The van der Waals surface area contributed by atoms with Crippen LogP contribution < -0.4 is 5.32 Å². The van der Waals surface area contributed by atoms with Crippen molar-refractivity contribution in [2.24, 2.45) is 0 Å². The fourth-order valence-corrected chi connectivity index (χ4v) is 3.35. The van der Waals surface area contributed by atoms with Gasteiger partial charge in [-0.25, -0.2) is 4.79 Å². The van der Waals surface area contributed by atoms with Crippen LogP contribution in [0.2, 0.25) is 0 Å². The quantitative estimate of drug-likeness (QED) is 0.880. The molecule has 2 aromatic carbocycles. The lowest BCUT2D eigenvalue weighted by Gasteiger charge is -2.33. The molecule has 144 valence electrons. The predicted molar refractivity (Wildman–Crippen MR) is 106 cm³/mol. The van der Waals surface area contributed by atoms with E-state index >= 15 is 0 Å². The standard InChI is InChI=1S/C21H27N3O3/c1-3-27-21(26)24-12-10-23(11-13-24)15-20(25)22-16(2)18-9-8-17-6-4-5-7-19(17)14-18/h4-9,14,16H,3,10-13,15H2,1-2H3,(H,22,25)/t16-/m1/s1. The molecule has 2 amide bonds. The van der Waals surface area contributed by atoms with Gasteiger partial charge in [-0.2, -0.15) is 0 Å². The first kappa shape index (κ1) is 19.2. The fourth-order valence-electron chi connectivity index (χ4n) is 3.35. The van der Waals surface area contributed by atoms with Crippen molar-refractivity contribution in [2.75, 3.05) is 39.3 Å². The Morgan fingerprint density at radius 3 is 2.48 bits per heavy atom. The summed E-state index contributed by atoms with van der Waals surface area (Å²) in [6, 6.07) is 14.4. The summed E-state index contributed by atoms with van der Waals surface area (Å²) in [5.41, 5.74) is 1.09. The largest absolute Gasteiger partial charge is 0.450 e. The zero-order valence-electron chi connectivity index (χ0n) is 16.0. The second kappa shape index (κ2) is 8.86. The van der Waals surface area contributed by atoms with Crippen molar-refractivity contribution in [2.45, 2.75) is 19.9 Å². The molecule has 2 aromatic rings. The molecule has 1 heterocycles. The molecule has 0 unspecified atom stereocenters. The number of amides is 2. The van der Waals surface area contributed by atoms with E-state index in [1.807, 2.05) is 19.1 Å². The highest BCUT2D eigenvalue weighted by Gasteiger charge is 2.23. The van der Waals surface area contributed by atoms with Crippen LogP contribution in [0.1, 0.15) is 25.5 Å². The number of carbonyl (C=O) groups excluding carboxylic acids is 2. The van der Waals surface area contributed by atoms with E-state index in [1.54, 1.807) is 11.8 Å². The minimum absolute atomic E-state index is 0.000225. The Balaban J connectivity index is 1.49. The van der Waals surface area contributed by atoms with Crippen molar-refractivity contribution in [3.8, 4) is 0 Å². The van der Waals surface area contributed by atoms with E-state index in [0.29, 0.717) is 39.3 Å². The second-order valence-electron chi connectivity index (χ2n) is 6.86. The number of rotatable bonds is 5. The summed E-state index contributed by atoms with van der Waals surface area (Å²) in [4.78, 5) is 27.9. The Bertz CT molecular complexity index is 800. The second-order valence-corrected chi connectivity index (χ2v) is 6.86. The number of benzene rings is 2. The number of ether oxygens (including phenoxy) is 1. The Kier molecular flexibility index (Phi) is 6.29. The van der Waals surface area contributed by atoms with Crippen LogP contribution in [0.15, 0.2) is 42.5 Å². The maximum atomic E-state index is 12.4. The first-order valence-electron chi connectivity index (χ1n) is 9.49. The highest BCUT2D eigenvalue weighted by Crippen LogP contribution is 2.20. The highest BCUT2D eigenvalue weighted by molar-refractivity contribution is 5.83. The lowest BCUT2D eigenvalue weighted by atomic mass is 10.0. The number of fused-ring (bicyclic) bond motifs is 1. The minimum atomic E-state index is -0.272. The smallest absolute Gasteiger partial charge is 0.409 e. The lowest BCUT2D eigenvalue weighted by Crippen LogP contribution is -2.51.